The summed E-state index contributed by atoms with van der Waals surface area (Å²) in [6.45, 7) is 2.30. The summed E-state index contributed by atoms with van der Waals surface area (Å²) in [5.41, 5.74) is 0. The lowest BCUT2D eigenvalue weighted by Gasteiger charge is -2.03. The monoisotopic (exact) mass is 262 g/mol. The number of halogens is 1. The Labute approximate surface area is 102 Å². The molecule has 1 aromatic heterocycles. The van der Waals surface area contributed by atoms with Gasteiger partial charge in [0.25, 0.3) is 5.91 Å². The van der Waals surface area contributed by atoms with Gasteiger partial charge >= 0.3 is 5.00 Å². The van der Waals surface area contributed by atoms with Gasteiger partial charge in [0.2, 0.25) is 0 Å². The molecule has 0 aliphatic heterocycles. The summed E-state index contributed by atoms with van der Waals surface area (Å²) >= 11 is 6.58. The Kier molecular flexibility index (Phi) is 4.70. The Morgan fingerprint density at radius 1 is 1.69 bits per heavy atom. The fraction of sp³-hybridized carbons (Fsp3) is 0.444. The molecule has 1 amide bonds. The molecule has 5 nitrogen and oxygen atoms in total. The van der Waals surface area contributed by atoms with E-state index in [1.54, 1.807) is 0 Å². The summed E-state index contributed by atoms with van der Waals surface area (Å²) in [4.78, 5) is 21.7. The van der Waals surface area contributed by atoms with Gasteiger partial charge < -0.3 is 5.32 Å². The van der Waals surface area contributed by atoms with E-state index in [0.717, 1.165) is 11.3 Å². The first-order chi connectivity index (χ1) is 7.50. The Bertz CT molecular complexity index is 392. The van der Waals surface area contributed by atoms with Gasteiger partial charge in [0.05, 0.1) is 9.80 Å². The molecule has 1 N–H and O–H groups in total. The van der Waals surface area contributed by atoms with Gasteiger partial charge in [0.1, 0.15) is 0 Å². The first kappa shape index (κ1) is 12.9. The lowest BCUT2D eigenvalue weighted by atomic mass is 10.3. The molecule has 1 unspecified atom stereocenters. The predicted octanol–water partition coefficient (Wildman–Crippen LogP) is 2.40. The van der Waals surface area contributed by atoms with Crippen molar-refractivity contribution in [3.05, 3.63) is 27.1 Å². The number of carbonyl (C=O) groups is 1. The first-order valence-corrected chi connectivity index (χ1v) is 5.92. The maximum absolute atomic E-state index is 11.5. The molecule has 0 bridgehead atoms. The zero-order chi connectivity index (χ0) is 12.1. The van der Waals surface area contributed by atoms with Crippen molar-refractivity contribution in [2.45, 2.75) is 18.7 Å². The number of thiophene rings is 1. The molecule has 0 spiro atoms. The van der Waals surface area contributed by atoms with Crippen molar-refractivity contribution in [3.8, 4) is 0 Å². The Balaban J connectivity index is 2.50. The van der Waals surface area contributed by atoms with Crippen LogP contribution >= 0.6 is 22.9 Å². The smallest absolute Gasteiger partial charge is 0.324 e. The molecule has 0 radical (unpaired) electrons. The Hall–Kier alpha value is -1.14. The summed E-state index contributed by atoms with van der Waals surface area (Å²) < 4.78 is 0. The second-order valence-corrected chi connectivity index (χ2v) is 5.03. The number of nitrogens with zero attached hydrogens (tertiary/aromatic N) is 1. The van der Waals surface area contributed by atoms with Gasteiger partial charge in [-0.05, 0) is 19.4 Å². The molecule has 0 fully saturated rings. The van der Waals surface area contributed by atoms with Gasteiger partial charge in [-0.1, -0.05) is 11.3 Å². The van der Waals surface area contributed by atoms with Crippen LogP contribution in [0.1, 0.15) is 23.0 Å². The van der Waals surface area contributed by atoms with Crippen LogP contribution in [-0.4, -0.2) is 22.8 Å². The van der Waals surface area contributed by atoms with E-state index in [0.29, 0.717) is 17.8 Å². The van der Waals surface area contributed by atoms with Crippen molar-refractivity contribution in [3.63, 3.8) is 0 Å². The summed E-state index contributed by atoms with van der Waals surface area (Å²) in [6, 6.07) is 2.77. The zero-order valence-electron chi connectivity index (χ0n) is 8.60. The average Bonchev–Trinajstić information content (AvgIpc) is 2.65. The van der Waals surface area contributed by atoms with Crippen LogP contribution in [-0.2, 0) is 0 Å². The highest BCUT2D eigenvalue weighted by Crippen LogP contribution is 2.23. The highest BCUT2D eigenvalue weighted by atomic mass is 35.5. The third kappa shape index (κ3) is 3.79. The van der Waals surface area contributed by atoms with Crippen LogP contribution in [0.2, 0.25) is 0 Å². The van der Waals surface area contributed by atoms with Crippen LogP contribution in [0.15, 0.2) is 12.1 Å². The van der Waals surface area contributed by atoms with E-state index in [2.05, 4.69) is 5.32 Å². The lowest BCUT2D eigenvalue weighted by Crippen LogP contribution is -2.24. The quantitative estimate of drug-likeness (QED) is 0.503. The lowest BCUT2D eigenvalue weighted by molar-refractivity contribution is -0.380. The maximum Gasteiger partial charge on any atom is 0.324 e. The highest BCUT2D eigenvalue weighted by molar-refractivity contribution is 7.17. The molecular formula is C9H11ClN2O3S. The van der Waals surface area contributed by atoms with Gasteiger partial charge in [0.15, 0.2) is 0 Å². The number of hydrogen-bond donors (Lipinski definition) is 1. The second kappa shape index (κ2) is 5.81. The number of alkyl halides is 1. The highest BCUT2D eigenvalue weighted by Gasteiger charge is 2.14. The van der Waals surface area contributed by atoms with E-state index < -0.39 is 4.92 Å². The van der Waals surface area contributed by atoms with Crippen LogP contribution in [0.3, 0.4) is 0 Å². The average molecular weight is 263 g/mol. The van der Waals surface area contributed by atoms with Gasteiger partial charge in [-0.3, -0.25) is 14.9 Å². The third-order valence-corrected chi connectivity index (χ3v) is 3.08. The molecule has 0 aliphatic carbocycles. The number of carbonyl (C=O) groups excluding carboxylic acids is 1. The second-order valence-electron chi connectivity index (χ2n) is 3.22. The minimum Gasteiger partial charge on any atom is -0.351 e. The van der Waals surface area contributed by atoms with Crippen molar-refractivity contribution < 1.29 is 9.72 Å². The van der Waals surface area contributed by atoms with Crippen molar-refractivity contribution in [1.82, 2.24) is 5.32 Å². The van der Waals surface area contributed by atoms with Crippen LogP contribution < -0.4 is 5.32 Å². The Morgan fingerprint density at radius 3 is 2.88 bits per heavy atom. The molecule has 1 aromatic rings. The molecule has 1 heterocycles. The maximum atomic E-state index is 11.5. The number of hydrogen-bond acceptors (Lipinski definition) is 4. The molecule has 0 aromatic carbocycles. The van der Waals surface area contributed by atoms with Gasteiger partial charge in [0, 0.05) is 18.0 Å². The number of nitrogens with one attached hydrogen (secondary N) is 1. The topological polar surface area (TPSA) is 72.2 Å². The van der Waals surface area contributed by atoms with Crippen LogP contribution in [0, 0.1) is 10.1 Å². The normalized spacial score (nSPS) is 12.1. The van der Waals surface area contributed by atoms with Crippen LogP contribution in [0.4, 0.5) is 5.00 Å². The van der Waals surface area contributed by atoms with Gasteiger partial charge in [-0.15, -0.1) is 11.6 Å². The summed E-state index contributed by atoms with van der Waals surface area (Å²) in [7, 11) is 0. The molecule has 0 saturated carbocycles. The molecule has 88 valence electrons. The molecular weight excluding hydrogens is 252 g/mol. The fourth-order valence-electron chi connectivity index (χ4n) is 1.02. The van der Waals surface area contributed by atoms with E-state index in [4.69, 9.17) is 11.6 Å². The SMILES string of the molecule is CC(Cl)CCNC(=O)c1ccc([N+](=O)[O-])s1. The Morgan fingerprint density at radius 2 is 2.38 bits per heavy atom. The number of rotatable bonds is 5. The standard InChI is InChI=1S/C9H11ClN2O3S/c1-6(10)4-5-11-9(13)7-2-3-8(16-7)12(14)15/h2-3,6H,4-5H2,1H3,(H,11,13). The van der Waals surface area contributed by atoms with E-state index in [1.165, 1.54) is 12.1 Å². The molecule has 7 heteroatoms. The third-order valence-electron chi connectivity index (χ3n) is 1.82. The largest absolute Gasteiger partial charge is 0.351 e. The van der Waals surface area contributed by atoms with E-state index in [1.807, 2.05) is 6.92 Å². The minimum absolute atomic E-state index is 0.00188. The summed E-state index contributed by atoms with van der Waals surface area (Å²) in [6.07, 6.45) is 0.667. The van der Waals surface area contributed by atoms with Gasteiger partial charge in [-0.2, -0.15) is 0 Å². The first-order valence-electron chi connectivity index (χ1n) is 4.67. The molecule has 1 rings (SSSR count). The van der Waals surface area contributed by atoms with Crippen LogP contribution in [0.25, 0.3) is 0 Å². The predicted molar refractivity (Wildman–Crippen MR) is 63.2 cm³/mol. The van der Waals surface area contributed by atoms with Crippen molar-refractivity contribution >= 4 is 33.8 Å². The van der Waals surface area contributed by atoms with E-state index in [-0.39, 0.29) is 16.3 Å². The van der Waals surface area contributed by atoms with Crippen LogP contribution in [0.5, 0.6) is 0 Å². The minimum atomic E-state index is -0.512. The molecule has 16 heavy (non-hydrogen) atoms. The van der Waals surface area contributed by atoms with Crippen molar-refractivity contribution in [2.24, 2.45) is 0 Å². The van der Waals surface area contributed by atoms with Crippen molar-refractivity contribution in [2.75, 3.05) is 6.54 Å². The number of amides is 1. The van der Waals surface area contributed by atoms with Crippen molar-refractivity contribution in [1.29, 1.82) is 0 Å². The van der Waals surface area contributed by atoms with E-state index >= 15 is 0 Å². The number of nitro groups is 1. The molecule has 1 atom stereocenters. The summed E-state index contributed by atoms with van der Waals surface area (Å²) in [5.74, 6) is -0.296. The van der Waals surface area contributed by atoms with Gasteiger partial charge in [-0.25, -0.2) is 0 Å². The van der Waals surface area contributed by atoms with E-state index in [9.17, 15) is 14.9 Å². The fourth-order valence-corrected chi connectivity index (χ4v) is 1.87. The molecule has 0 saturated heterocycles. The zero-order valence-corrected chi connectivity index (χ0v) is 10.2. The summed E-state index contributed by atoms with van der Waals surface area (Å²) in [5, 5.41) is 13.0. The molecule has 0 aliphatic rings.